The van der Waals surface area contributed by atoms with Crippen LogP contribution in [-0.2, 0) is 10.1 Å². The molecule has 4 heteroatoms. The molecule has 0 heterocycles. The molecule has 0 atom stereocenters. The molecule has 8 heavy (non-hydrogen) atoms. The predicted octanol–water partition coefficient (Wildman–Crippen LogP) is 0.824. The third-order valence-corrected chi connectivity index (χ3v) is 1.06. The molecule has 0 bridgehead atoms. The van der Waals surface area contributed by atoms with Gasteiger partial charge in [-0.3, -0.25) is 0 Å². The third-order valence-electron chi connectivity index (χ3n) is 0.354. The van der Waals surface area contributed by atoms with Crippen LogP contribution in [0.3, 0.4) is 0 Å². The maximum absolute atomic E-state index is 9.44. The van der Waals surface area contributed by atoms with Crippen LogP contribution in [0.25, 0.3) is 0 Å². The highest BCUT2D eigenvalue weighted by Gasteiger charge is 1.80. The Morgan fingerprint density at radius 1 is 1.38 bits per heavy atom. The summed E-state index contributed by atoms with van der Waals surface area (Å²) in [5.74, 6) is -0.312. The second-order valence-corrected chi connectivity index (χ2v) is 2.54. The zero-order valence-corrected chi connectivity index (χ0v) is 4.16. The predicted molar refractivity (Wildman–Crippen MR) is 33.7 cm³/mol. The van der Waals surface area contributed by atoms with Crippen LogP contribution in [-0.4, -0.2) is 18.7 Å². The smallest absolute Gasteiger partial charge is 0.0943 e. The van der Waals surface area contributed by atoms with Gasteiger partial charge in [0.2, 0.25) is 0 Å². The molecular formula is C4H13O3S-. The van der Waals surface area contributed by atoms with E-state index in [0.717, 1.165) is 0 Å². The summed E-state index contributed by atoms with van der Waals surface area (Å²) in [4.78, 5) is 0. The fraction of sp³-hybridized carbons (Fsp3) is 1.00. The zero-order chi connectivity index (χ0) is 5.21. The monoisotopic (exact) mass is 141 g/mol. The SMILES string of the molecule is C.C.CCS(=O)(=O)[O-]. The molecule has 0 N–H and O–H groups in total. The van der Waals surface area contributed by atoms with Gasteiger partial charge in [0.25, 0.3) is 0 Å². The lowest BCUT2D eigenvalue weighted by atomic mass is 11.0. The van der Waals surface area contributed by atoms with E-state index in [9.17, 15) is 13.0 Å². The summed E-state index contributed by atoms with van der Waals surface area (Å²) in [6.45, 7) is 1.31. The van der Waals surface area contributed by atoms with Crippen LogP contribution in [0, 0.1) is 0 Å². The molecular weight excluding hydrogens is 128 g/mol. The minimum Gasteiger partial charge on any atom is -0.748 e. The van der Waals surface area contributed by atoms with Gasteiger partial charge in [-0.15, -0.1) is 0 Å². The molecule has 0 radical (unpaired) electrons. The van der Waals surface area contributed by atoms with Crippen molar-refractivity contribution in [3.8, 4) is 0 Å². The van der Waals surface area contributed by atoms with Gasteiger partial charge in [0.15, 0.2) is 0 Å². The molecule has 0 saturated carbocycles. The molecule has 0 aliphatic carbocycles. The quantitative estimate of drug-likeness (QED) is 0.508. The Kier molecular flexibility index (Phi) is 9.90. The summed E-state index contributed by atoms with van der Waals surface area (Å²) < 4.78 is 28.3. The number of rotatable bonds is 1. The van der Waals surface area contributed by atoms with Gasteiger partial charge in [0.05, 0.1) is 10.1 Å². The van der Waals surface area contributed by atoms with Gasteiger partial charge in [-0.1, -0.05) is 21.8 Å². The summed E-state index contributed by atoms with van der Waals surface area (Å²) in [6.07, 6.45) is 0. The minimum absolute atomic E-state index is 0. The molecule has 0 unspecified atom stereocenters. The molecule has 0 amide bonds. The summed E-state index contributed by atoms with van der Waals surface area (Å²) in [6, 6.07) is 0. The van der Waals surface area contributed by atoms with Crippen LogP contribution in [0.5, 0.6) is 0 Å². The third kappa shape index (κ3) is 16.8. The van der Waals surface area contributed by atoms with E-state index >= 15 is 0 Å². The van der Waals surface area contributed by atoms with E-state index in [4.69, 9.17) is 0 Å². The first-order valence-corrected chi connectivity index (χ1v) is 3.07. The first kappa shape index (κ1) is 15.7. The van der Waals surface area contributed by atoms with Crippen molar-refractivity contribution in [3.63, 3.8) is 0 Å². The zero-order valence-electron chi connectivity index (χ0n) is 3.34. The van der Waals surface area contributed by atoms with Crippen LogP contribution < -0.4 is 0 Å². The number of hydrogen-bond acceptors (Lipinski definition) is 3. The van der Waals surface area contributed by atoms with Gasteiger partial charge in [0, 0.05) is 5.75 Å². The van der Waals surface area contributed by atoms with Gasteiger partial charge in [0.1, 0.15) is 0 Å². The van der Waals surface area contributed by atoms with Crippen LogP contribution >= 0.6 is 0 Å². The standard InChI is InChI=1S/C2H6O3S.2CH4/c1-2-6(3,4)5;;/h2H2,1H3,(H,3,4,5);2*1H4/p-1. The second-order valence-electron chi connectivity index (χ2n) is 0.846. The molecule has 54 valence electrons. The lowest BCUT2D eigenvalue weighted by molar-refractivity contribution is 0.464. The van der Waals surface area contributed by atoms with Gasteiger partial charge in [-0.05, 0) is 0 Å². The highest BCUT2D eigenvalue weighted by molar-refractivity contribution is 7.85. The maximum atomic E-state index is 9.44. The Balaban J connectivity index is -0.000000125. The van der Waals surface area contributed by atoms with Crippen molar-refractivity contribution in [3.05, 3.63) is 0 Å². The summed E-state index contributed by atoms with van der Waals surface area (Å²) >= 11 is 0. The van der Waals surface area contributed by atoms with Crippen LogP contribution in [0.1, 0.15) is 21.8 Å². The molecule has 0 aromatic rings. The van der Waals surface area contributed by atoms with E-state index in [2.05, 4.69) is 0 Å². The normalized spacial score (nSPS) is 8.75. The van der Waals surface area contributed by atoms with E-state index in [1.165, 1.54) is 6.92 Å². The molecule has 0 saturated heterocycles. The van der Waals surface area contributed by atoms with Crippen LogP contribution in [0.15, 0.2) is 0 Å². The average Bonchev–Trinajstić information content (AvgIpc) is 1.35. The Labute approximate surface area is 51.5 Å². The first-order valence-electron chi connectivity index (χ1n) is 1.50. The van der Waals surface area contributed by atoms with Crippen molar-refractivity contribution in [1.29, 1.82) is 0 Å². The molecule has 0 aromatic heterocycles. The minimum atomic E-state index is -3.91. The lowest BCUT2D eigenvalue weighted by Gasteiger charge is -1.97. The second kappa shape index (κ2) is 5.05. The van der Waals surface area contributed by atoms with Crippen LogP contribution in [0.4, 0.5) is 0 Å². The van der Waals surface area contributed by atoms with E-state index in [1.807, 2.05) is 0 Å². The largest absolute Gasteiger partial charge is 0.748 e. The number of hydrogen-bond donors (Lipinski definition) is 0. The highest BCUT2D eigenvalue weighted by atomic mass is 32.2. The Morgan fingerprint density at radius 2 is 1.50 bits per heavy atom. The van der Waals surface area contributed by atoms with Crippen molar-refractivity contribution >= 4 is 10.1 Å². The van der Waals surface area contributed by atoms with Crippen molar-refractivity contribution in [2.45, 2.75) is 21.8 Å². The Morgan fingerprint density at radius 3 is 1.50 bits per heavy atom. The van der Waals surface area contributed by atoms with E-state index < -0.39 is 10.1 Å². The fourth-order valence-corrected chi connectivity index (χ4v) is 0. The molecule has 0 aromatic carbocycles. The Hall–Kier alpha value is -0.0900. The van der Waals surface area contributed by atoms with Crippen molar-refractivity contribution in [2.75, 3.05) is 5.75 Å². The van der Waals surface area contributed by atoms with Crippen molar-refractivity contribution in [1.82, 2.24) is 0 Å². The molecule has 3 nitrogen and oxygen atoms in total. The molecule has 0 spiro atoms. The lowest BCUT2D eigenvalue weighted by Crippen LogP contribution is -1.98. The maximum Gasteiger partial charge on any atom is 0.0943 e. The van der Waals surface area contributed by atoms with Gasteiger partial charge >= 0.3 is 0 Å². The summed E-state index contributed by atoms with van der Waals surface area (Å²) in [5, 5.41) is 0. The summed E-state index contributed by atoms with van der Waals surface area (Å²) in [5.41, 5.74) is 0. The van der Waals surface area contributed by atoms with E-state index in [-0.39, 0.29) is 20.6 Å². The average molecular weight is 141 g/mol. The van der Waals surface area contributed by atoms with E-state index in [0.29, 0.717) is 0 Å². The highest BCUT2D eigenvalue weighted by Crippen LogP contribution is 1.73. The van der Waals surface area contributed by atoms with Gasteiger partial charge in [-0.2, -0.15) is 0 Å². The summed E-state index contributed by atoms with van der Waals surface area (Å²) in [7, 11) is -3.91. The van der Waals surface area contributed by atoms with Crippen molar-refractivity contribution < 1.29 is 13.0 Å². The first-order chi connectivity index (χ1) is 2.56. The molecule has 0 aliphatic rings. The van der Waals surface area contributed by atoms with Crippen LogP contribution in [0.2, 0.25) is 0 Å². The topological polar surface area (TPSA) is 57.2 Å². The fourth-order valence-electron chi connectivity index (χ4n) is 0. The Bertz CT molecular complexity index is 113. The van der Waals surface area contributed by atoms with E-state index in [1.54, 1.807) is 0 Å². The van der Waals surface area contributed by atoms with Crippen molar-refractivity contribution in [2.24, 2.45) is 0 Å². The molecule has 0 rings (SSSR count). The van der Waals surface area contributed by atoms with Gasteiger partial charge < -0.3 is 4.55 Å². The molecule has 0 fully saturated rings. The van der Waals surface area contributed by atoms with Gasteiger partial charge in [-0.25, -0.2) is 8.42 Å². The molecule has 0 aliphatic heterocycles.